The highest BCUT2D eigenvalue weighted by Gasteiger charge is 2.12. The fraction of sp³-hybridized carbons (Fsp3) is 0.462. The van der Waals surface area contributed by atoms with Crippen molar-refractivity contribution in [3.63, 3.8) is 0 Å². The highest BCUT2D eigenvalue weighted by molar-refractivity contribution is 5.77. The van der Waals surface area contributed by atoms with Crippen molar-refractivity contribution in [1.82, 2.24) is 4.90 Å². The molecule has 0 aliphatic carbocycles. The van der Waals surface area contributed by atoms with Crippen LogP contribution in [0.3, 0.4) is 0 Å². The molecule has 1 aromatic rings. The van der Waals surface area contributed by atoms with E-state index in [9.17, 15) is 9.18 Å². The Morgan fingerprint density at radius 2 is 2.06 bits per heavy atom. The summed E-state index contributed by atoms with van der Waals surface area (Å²) in [6.45, 7) is 4.02. The molecule has 0 saturated heterocycles. The van der Waals surface area contributed by atoms with E-state index in [0.717, 1.165) is 0 Å². The van der Waals surface area contributed by atoms with E-state index in [4.69, 9.17) is 4.74 Å². The molecule has 0 aliphatic heterocycles. The van der Waals surface area contributed by atoms with Crippen molar-refractivity contribution in [2.24, 2.45) is 0 Å². The third-order valence-electron chi connectivity index (χ3n) is 2.33. The van der Waals surface area contributed by atoms with Gasteiger partial charge in [0, 0.05) is 19.2 Å². The molecule has 3 nitrogen and oxygen atoms in total. The van der Waals surface area contributed by atoms with Crippen molar-refractivity contribution in [1.29, 1.82) is 0 Å². The predicted octanol–water partition coefficient (Wildman–Crippen LogP) is 2.21. The van der Waals surface area contributed by atoms with Gasteiger partial charge in [-0.2, -0.15) is 0 Å². The lowest BCUT2D eigenvalue weighted by atomic mass is 10.2. The number of ether oxygens (including phenoxy) is 1. The van der Waals surface area contributed by atoms with Crippen LogP contribution in [0.1, 0.15) is 19.4 Å². The zero-order chi connectivity index (χ0) is 12.8. The maximum absolute atomic E-state index is 13.4. The largest absolute Gasteiger partial charge is 0.369 e. The first-order valence-electron chi connectivity index (χ1n) is 5.59. The number of halogens is 1. The second-order valence-electron chi connectivity index (χ2n) is 4.20. The normalized spacial score (nSPS) is 10.6. The molecule has 94 valence electrons. The van der Waals surface area contributed by atoms with E-state index in [1.165, 1.54) is 11.0 Å². The first-order valence-corrected chi connectivity index (χ1v) is 5.59. The van der Waals surface area contributed by atoms with Gasteiger partial charge in [0.2, 0.25) is 5.91 Å². The van der Waals surface area contributed by atoms with Crippen molar-refractivity contribution in [2.75, 3.05) is 13.7 Å². The molecular formula is C13H18FNO2. The van der Waals surface area contributed by atoms with Crippen LogP contribution in [0.4, 0.5) is 4.39 Å². The predicted molar refractivity (Wildman–Crippen MR) is 64.0 cm³/mol. The summed E-state index contributed by atoms with van der Waals surface area (Å²) >= 11 is 0. The Morgan fingerprint density at radius 3 is 2.65 bits per heavy atom. The summed E-state index contributed by atoms with van der Waals surface area (Å²) in [5.74, 6) is -0.445. The van der Waals surface area contributed by atoms with Gasteiger partial charge in [-0.15, -0.1) is 0 Å². The summed E-state index contributed by atoms with van der Waals surface area (Å²) in [5, 5.41) is 0. The topological polar surface area (TPSA) is 29.5 Å². The van der Waals surface area contributed by atoms with E-state index in [1.54, 1.807) is 25.2 Å². The van der Waals surface area contributed by atoms with Crippen LogP contribution in [0.25, 0.3) is 0 Å². The van der Waals surface area contributed by atoms with Gasteiger partial charge in [-0.1, -0.05) is 18.2 Å². The van der Waals surface area contributed by atoms with Gasteiger partial charge < -0.3 is 9.64 Å². The van der Waals surface area contributed by atoms with E-state index < -0.39 is 0 Å². The molecule has 0 radical (unpaired) electrons. The van der Waals surface area contributed by atoms with E-state index in [-0.39, 0.29) is 31.0 Å². The summed E-state index contributed by atoms with van der Waals surface area (Å²) in [7, 11) is 1.64. The van der Waals surface area contributed by atoms with Crippen LogP contribution in [-0.4, -0.2) is 30.6 Å². The van der Waals surface area contributed by atoms with Gasteiger partial charge in [0.05, 0.1) is 6.10 Å². The third-order valence-corrected chi connectivity index (χ3v) is 2.33. The Balaban J connectivity index is 2.51. The number of carbonyl (C=O) groups excluding carboxylic acids is 1. The van der Waals surface area contributed by atoms with Gasteiger partial charge in [-0.3, -0.25) is 4.79 Å². The Morgan fingerprint density at radius 1 is 1.41 bits per heavy atom. The average molecular weight is 239 g/mol. The number of hydrogen-bond donors (Lipinski definition) is 0. The Kier molecular flexibility index (Phi) is 5.10. The Hall–Kier alpha value is -1.42. The number of likely N-dealkylation sites (N-methyl/N-ethyl adjacent to an activating group) is 1. The van der Waals surface area contributed by atoms with Crippen LogP contribution in [0, 0.1) is 5.82 Å². The molecule has 0 atom stereocenters. The molecule has 0 fully saturated rings. The molecule has 1 aromatic carbocycles. The quantitative estimate of drug-likeness (QED) is 0.788. The van der Waals surface area contributed by atoms with E-state index in [1.807, 2.05) is 13.8 Å². The van der Waals surface area contributed by atoms with Gasteiger partial charge in [0.1, 0.15) is 12.4 Å². The second-order valence-corrected chi connectivity index (χ2v) is 4.20. The van der Waals surface area contributed by atoms with Crippen molar-refractivity contribution in [3.05, 3.63) is 35.6 Å². The molecule has 0 heterocycles. The number of carbonyl (C=O) groups is 1. The Bertz CT molecular complexity index is 379. The lowest BCUT2D eigenvalue weighted by molar-refractivity contribution is -0.136. The van der Waals surface area contributed by atoms with Crippen molar-refractivity contribution >= 4 is 5.91 Å². The standard InChI is InChI=1S/C13H18FNO2/c1-10(2)17-9-13(16)15(3)8-11-6-4-5-7-12(11)14/h4-7,10H,8-9H2,1-3H3. The fourth-order valence-electron chi connectivity index (χ4n) is 1.32. The lowest BCUT2D eigenvalue weighted by Crippen LogP contribution is -2.31. The minimum atomic E-state index is -0.295. The van der Waals surface area contributed by atoms with Gasteiger partial charge in [-0.05, 0) is 19.9 Å². The first kappa shape index (κ1) is 13.6. The van der Waals surface area contributed by atoms with Crippen LogP contribution in [0.2, 0.25) is 0 Å². The minimum absolute atomic E-state index is 0.0146. The number of rotatable bonds is 5. The molecule has 17 heavy (non-hydrogen) atoms. The molecule has 1 rings (SSSR count). The van der Waals surface area contributed by atoms with Crippen molar-refractivity contribution < 1.29 is 13.9 Å². The molecule has 0 aliphatic rings. The highest BCUT2D eigenvalue weighted by Crippen LogP contribution is 2.09. The molecule has 0 saturated carbocycles. The molecule has 1 amide bonds. The maximum atomic E-state index is 13.4. The van der Waals surface area contributed by atoms with Crippen LogP contribution < -0.4 is 0 Å². The average Bonchev–Trinajstić information content (AvgIpc) is 2.28. The smallest absolute Gasteiger partial charge is 0.248 e. The molecule has 0 spiro atoms. The number of hydrogen-bond acceptors (Lipinski definition) is 2. The van der Waals surface area contributed by atoms with E-state index in [2.05, 4.69) is 0 Å². The van der Waals surface area contributed by atoms with Gasteiger partial charge in [0.25, 0.3) is 0 Å². The van der Waals surface area contributed by atoms with Crippen molar-refractivity contribution in [3.8, 4) is 0 Å². The maximum Gasteiger partial charge on any atom is 0.248 e. The molecule has 0 N–H and O–H groups in total. The zero-order valence-corrected chi connectivity index (χ0v) is 10.4. The lowest BCUT2D eigenvalue weighted by Gasteiger charge is -2.18. The third kappa shape index (κ3) is 4.53. The SMILES string of the molecule is CC(C)OCC(=O)N(C)Cc1ccccc1F. The van der Waals surface area contributed by atoms with Gasteiger partial charge in [-0.25, -0.2) is 4.39 Å². The number of amides is 1. The number of benzene rings is 1. The fourth-order valence-corrected chi connectivity index (χ4v) is 1.32. The molecule has 0 bridgehead atoms. The Labute approximate surface area is 101 Å². The van der Waals surface area contributed by atoms with Crippen LogP contribution in [-0.2, 0) is 16.1 Å². The summed E-state index contributed by atoms with van der Waals surface area (Å²) < 4.78 is 18.6. The summed E-state index contributed by atoms with van der Waals surface area (Å²) in [4.78, 5) is 13.1. The molecular weight excluding hydrogens is 221 g/mol. The molecule has 0 aromatic heterocycles. The van der Waals surface area contributed by atoms with Crippen LogP contribution in [0.15, 0.2) is 24.3 Å². The van der Waals surface area contributed by atoms with E-state index >= 15 is 0 Å². The monoisotopic (exact) mass is 239 g/mol. The summed E-state index contributed by atoms with van der Waals surface area (Å²) in [6, 6.07) is 6.44. The van der Waals surface area contributed by atoms with E-state index in [0.29, 0.717) is 5.56 Å². The van der Waals surface area contributed by atoms with Crippen LogP contribution in [0.5, 0.6) is 0 Å². The second kappa shape index (κ2) is 6.35. The van der Waals surface area contributed by atoms with Gasteiger partial charge in [0.15, 0.2) is 0 Å². The summed E-state index contributed by atoms with van der Waals surface area (Å²) in [6.07, 6.45) is 0.0146. The van der Waals surface area contributed by atoms with Crippen LogP contribution >= 0.6 is 0 Å². The first-order chi connectivity index (χ1) is 8.00. The summed E-state index contributed by atoms with van der Waals surface area (Å²) in [5.41, 5.74) is 0.507. The van der Waals surface area contributed by atoms with Gasteiger partial charge >= 0.3 is 0 Å². The number of nitrogens with zero attached hydrogens (tertiary/aromatic N) is 1. The highest BCUT2D eigenvalue weighted by atomic mass is 19.1. The molecule has 4 heteroatoms. The zero-order valence-electron chi connectivity index (χ0n) is 10.4. The minimum Gasteiger partial charge on any atom is -0.369 e. The molecule has 0 unspecified atom stereocenters. The van der Waals surface area contributed by atoms with Crippen molar-refractivity contribution in [2.45, 2.75) is 26.5 Å².